The molecule has 166 valence electrons. The summed E-state index contributed by atoms with van der Waals surface area (Å²) in [5.74, 6) is -0.489. The third-order valence-corrected chi connectivity index (χ3v) is 5.49. The van der Waals surface area contributed by atoms with Crippen molar-refractivity contribution in [2.45, 2.75) is 44.9 Å². The third-order valence-electron chi connectivity index (χ3n) is 5.49. The van der Waals surface area contributed by atoms with Crippen molar-refractivity contribution in [3.63, 3.8) is 0 Å². The van der Waals surface area contributed by atoms with E-state index < -0.39 is 18.2 Å². The number of carbonyl (C=O) groups is 1. The lowest BCUT2D eigenvalue weighted by Crippen LogP contribution is -2.33. The van der Waals surface area contributed by atoms with Gasteiger partial charge in [0, 0.05) is 30.5 Å². The highest BCUT2D eigenvalue weighted by Gasteiger charge is 2.28. The van der Waals surface area contributed by atoms with Crippen LogP contribution in [-0.4, -0.2) is 32.8 Å². The van der Waals surface area contributed by atoms with Crippen molar-refractivity contribution in [3.8, 4) is 22.5 Å². The van der Waals surface area contributed by atoms with Gasteiger partial charge in [0.2, 0.25) is 0 Å². The van der Waals surface area contributed by atoms with E-state index in [9.17, 15) is 18.7 Å². The van der Waals surface area contributed by atoms with Crippen molar-refractivity contribution in [2.24, 2.45) is 0 Å². The Labute approximate surface area is 185 Å². The Kier molecular flexibility index (Phi) is 6.19. The predicted octanol–water partition coefficient (Wildman–Crippen LogP) is 4.99. The van der Waals surface area contributed by atoms with E-state index in [2.05, 4.69) is 6.58 Å². The highest BCUT2D eigenvalue weighted by atomic mass is 19.1. The Morgan fingerprint density at radius 3 is 2.28 bits per heavy atom. The summed E-state index contributed by atoms with van der Waals surface area (Å²) >= 11 is 0. The first-order valence-corrected chi connectivity index (χ1v) is 10.5. The molecule has 2 aromatic carbocycles. The quantitative estimate of drug-likeness (QED) is 0.551. The number of imidazole rings is 1. The van der Waals surface area contributed by atoms with E-state index in [4.69, 9.17) is 9.72 Å². The Balaban J connectivity index is 1.79. The summed E-state index contributed by atoms with van der Waals surface area (Å²) in [5, 5.41) is 9.92. The van der Waals surface area contributed by atoms with E-state index in [1.165, 1.54) is 24.3 Å². The fourth-order valence-corrected chi connectivity index (χ4v) is 4.02. The van der Waals surface area contributed by atoms with Gasteiger partial charge in [-0.15, -0.1) is 0 Å². The van der Waals surface area contributed by atoms with E-state index in [1.807, 2.05) is 11.5 Å². The van der Waals surface area contributed by atoms with Crippen LogP contribution in [0.1, 0.15) is 32.0 Å². The standard InChI is InChI=1S/C25H24F2N2O3/c1-15(2)25-28-23(16-3-7-18(26)8-4-16)24(17-5-9-19(27)10-6-17)29(25)12-11-21-13-20(30)14-22(31)32-21/h3-10,20-21,30H,1,11-14H2,2H3/t20-,21-/m0/s1. The number of rotatable bonds is 6. The van der Waals surface area contributed by atoms with Crippen molar-refractivity contribution in [1.29, 1.82) is 0 Å². The van der Waals surface area contributed by atoms with Gasteiger partial charge in [-0.05, 0) is 61.0 Å². The molecule has 32 heavy (non-hydrogen) atoms. The van der Waals surface area contributed by atoms with Gasteiger partial charge in [-0.3, -0.25) is 4.79 Å². The Morgan fingerprint density at radius 2 is 1.72 bits per heavy atom. The zero-order valence-electron chi connectivity index (χ0n) is 17.7. The van der Waals surface area contributed by atoms with Crippen LogP contribution < -0.4 is 0 Å². The van der Waals surface area contributed by atoms with Crippen LogP contribution in [0.5, 0.6) is 0 Å². The Morgan fingerprint density at radius 1 is 1.12 bits per heavy atom. The first-order valence-electron chi connectivity index (χ1n) is 10.5. The number of aromatic nitrogens is 2. The van der Waals surface area contributed by atoms with Crippen molar-refractivity contribution in [1.82, 2.24) is 9.55 Å². The number of aliphatic hydroxyl groups excluding tert-OH is 1. The van der Waals surface area contributed by atoms with Crippen LogP contribution in [0, 0.1) is 11.6 Å². The smallest absolute Gasteiger partial charge is 0.308 e. The SMILES string of the molecule is C=C(C)c1nc(-c2ccc(F)cc2)c(-c2ccc(F)cc2)n1CC[C@H]1C[C@H](O)CC(=O)O1. The summed E-state index contributed by atoms with van der Waals surface area (Å²) in [6.45, 7) is 6.32. The average Bonchev–Trinajstić information content (AvgIpc) is 3.12. The van der Waals surface area contributed by atoms with Gasteiger partial charge in [-0.1, -0.05) is 6.58 Å². The Bertz CT molecular complexity index is 1140. The van der Waals surface area contributed by atoms with Crippen LogP contribution >= 0.6 is 0 Å². The molecule has 1 aliphatic rings. The zero-order valence-corrected chi connectivity index (χ0v) is 17.7. The summed E-state index contributed by atoms with van der Waals surface area (Å²) in [4.78, 5) is 16.5. The van der Waals surface area contributed by atoms with Crippen LogP contribution in [0.25, 0.3) is 28.1 Å². The second-order valence-electron chi connectivity index (χ2n) is 8.07. The first kappa shape index (κ1) is 21.9. The number of hydrogen-bond donors (Lipinski definition) is 1. The van der Waals surface area contributed by atoms with Crippen molar-refractivity contribution in [3.05, 3.63) is 72.6 Å². The molecule has 0 spiro atoms. The van der Waals surface area contributed by atoms with Gasteiger partial charge in [0.15, 0.2) is 0 Å². The summed E-state index contributed by atoms with van der Waals surface area (Å²) in [7, 11) is 0. The molecule has 2 heterocycles. The van der Waals surface area contributed by atoms with E-state index in [1.54, 1.807) is 24.3 Å². The highest BCUT2D eigenvalue weighted by molar-refractivity contribution is 5.81. The summed E-state index contributed by atoms with van der Waals surface area (Å²) in [6.07, 6.45) is -0.276. The number of hydrogen-bond acceptors (Lipinski definition) is 4. The molecule has 0 radical (unpaired) electrons. The minimum absolute atomic E-state index is 0.00807. The van der Waals surface area contributed by atoms with Gasteiger partial charge >= 0.3 is 5.97 Å². The van der Waals surface area contributed by atoms with Crippen molar-refractivity contribution < 1.29 is 23.4 Å². The van der Waals surface area contributed by atoms with Gasteiger partial charge in [-0.25, -0.2) is 13.8 Å². The van der Waals surface area contributed by atoms with Crippen molar-refractivity contribution in [2.75, 3.05) is 0 Å². The molecule has 3 aromatic rings. The van der Waals surface area contributed by atoms with E-state index in [0.29, 0.717) is 36.5 Å². The molecule has 0 amide bonds. The lowest BCUT2D eigenvalue weighted by molar-refractivity contribution is -0.160. The minimum Gasteiger partial charge on any atom is -0.462 e. The number of halogens is 2. The molecule has 0 unspecified atom stereocenters. The van der Waals surface area contributed by atoms with Crippen LogP contribution in [0.3, 0.4) is 0 Å². The lowest BCUT2D eigenvalue weighted by atomic mass is 10.0. The number of allylic oxidation sites excluding steroid dienone is 1. The summed E-state index contributed by atoms with van der Waals surface area (Å²) in [6, 6.07) is 12.1. The molecule has 1 N–H and O–H groups in total. The van der Waals surface area contributed by atoms with E-state index in [0.717, 1.165) is 16.8 Å². The fourth-order valence-electron chi connectivity index (χ4n) is 4.02. The summed E-state index contributed by atoms with van der Waals surface area (Å²) in [5.41, 5.74) is 3.54. The second kappa shape index (κ2) is 9.04. The van der Waals surface area contributed by atoms with Gasteiger partial charge < -0.3 is 14.4 Å². The van der Waals surface area contributed by atoms with Crippen molar-refractivity contribution >= 4 is 11.5 Å². The fraction of sp³-hybridized carbons (Fsp3) is 0.280. The molecule has 7 heteroatoms. The molecule has 2 atom stereocenters. The normalized spacial score (nSPS) is 18.4. The summed E-state index contributed by atoms with van der Waals surface area (Å²) < 4.78 is 34.5. The van der Waals surface area contributed by atoms with Gasteiger partial charge in [0.05, 0.1) is 23.9 Å². The molecule has 1 fully saturated rings. The number of esters is 1. The van der Waals surface area contributed by atoms with Crippen LogP contribution in [0.15, 0.2) is 55.1 Å². The molecule has 1 aromatic heterocycles. The maximum absolute atomic E-state index is 13.6. The maximum atomic E-state index is 13.6. The first-order chi connectivity index (χ1) is 15.3. The molecule has 1 aliphatic heterocycles. The monoisotopic (exact) mass is 438 g/mol. The molecule has 0 bridgehead atoms. The molecule has 4 rings (SSSR count). The number of cyclic esters (lactones) is 1. The zero-order chi connectivity index (χ0) is 22.8. The number of nitrogens with zero attached hydrogens (tertiary/aromatic N) is 2. The largest absolute Gasteiger partial charge is 0.462 e. The van der Waals surface area contributed by atoms with Crippen LogP contribution in [0.4, 0.5) is 8.78 Å². The van der Waals surface area contributed by atoms with Crippen LogP contribution in [0.2, 0.25) is 0 Å². The maximum Gasteiger partial charge on any atom is 0.308 e. The highest BCUT2D eigenvalue weighted by Crippen LogP contribution is 2.35. The molecule has 5 nitrogen and oxygen atoms in total. The number of benzene rings is 2. The lowest BCUT2D eigenvalue weighted by Gasteiger charge is -2.26. The van der Waals surface area contributed by atoms with Gasteiger partial charge in [-0.2, -0.15) is 0 Å². The van der Waals surface area contributed by atoms with Gasteiger partial charge in [0.1, 0.15) is 23.6 Å². The third kappa shape index (κ3) is 4.62. The molecule has 1 saturated heterocycles. The number of carbonyl (C=O) groups excluding carboxylic acids is 1. The number of aliphatic hydroxyl groups is 1. The molecule has 0 saturated carbocycles. The second-order valence-corrected chi connectivity index (χ2v) is 8.07. The molecular weight excluding hydrogens is 414 g/mol. The average molecular weight is 438 g/mol. The Hall–Kier alpha value is -3.32. The van der Waals surface area contributed by atoms with E-state index in [-0.39, 0.29) is 18.1 Å². The predicted molar refractivity (Wildman–Crippen MR) is 117 cm³/mol. The van der Waals surface area contributed by atoms with Gasteiger partial charge in [0.25, 0.3) is 0 Å². The number of ether oxygens (including phenoxy) is 1. The topological polar surface area (TPSA) is 64.3 Å². The minimum atomic E-state index is -0.712. The molecular formula is C25H24F2N2O3. The molecule has 0 aliphatic carbocycles. The van der Waals surface area contributed by atoms with E-state index >= 15 is 0 Å². The van der Waals surface area contributed by atoms with Crippen LogP contribution in [-0.2, 0) is 16.1 Å².